The summed E-state index contributed by atoms with van der Waals surface area (Å²) >= 11 is 0. The fourth-order valence-electron chi connectivity index (χ4n) is 2.12. The molecule has 0 bridgehead atoms. The van der Waals surface area contributed by atoms with E-state index in [2.05, 4.69) is 31.4 Å². The number of rotatable bonds is 4. The maximum Gasteiger partial charge on any atom is 0.261 e. The maximum atomic E-state index is 11.9. The highest BCUT2D eigenvalue weighted by atomic mass is 16.2. The molecule has 0 radical (unpaired) electrons. The standard InChI is InChI=1S/C15H21N3O2/c1-15(2,3)17-8-7-16-10-5-6-11-12(9-10)14(20)18(4)13(11)19/h5-6,9,16-17H,7-8H2,1-4H3. The lowest BCUT2D eigenvalue weighted by molar-refractivity contribution is 0.0693. The van der Waals surface area contributed by atoms with E-state index in [-0.39, 0.29) is 17.4 Å². The summed E-state index contributed by atoms with van der Waals surface area (Å²) in [5.41, 5.74) is 1.91. The Labute approximate surface area is 119 Å². The van der Waals surface area contributed by atoms with Crippen molar-refractivity contribution in [1.29, 1.82) is 0 Å². The molecule has 0 atom stereocenters. The smallest absolute Gasteiger partial charge is 0.261 e. The van der Waals surface area contributed by atoms with Crippen LogP contribution in [0.5, 0.6) is 0 Å². The highest BCUT2D eigenvalue weighted by Gasteiger charge is 2.32. The molecule has 5 heteroatoms. The molecule has 0 aliphatic carbocycles. The molecule has 1 aliphatic rings. The molecule has 1 aliphatic heterocycles. The SMILES string of the molecule is CN1C(=O)c2ccc(NCCNC(C)(C)C)cc2C1=O. The Morgan fingerprint density at radius 3 is 2.35 bits per heavy atom. The molecule has 2 amide bonds. The van der Waals surface area contributed by atoms with Gasteiger partial charge in [-0.05, 0) is 39.0 Å². The van der Waals surface area contributed by atoms with Crippen molar-refractivity contribution in [2.24, 2.45) is 0 Å². The summed E-state index contributed by atoms with van der Waals surface area (Å²) in [4.78, 5) is 24.8. The zero-order valence-corrected chi connectivity index (χ0v) is 12.4. The van der Waals surface area contributed by atoms with Crippen LogP contribution >= 0.6 is 0 Å². The van der Waals surface area contributed by atoms with Gasteiger partial charge in [-0.25, -0.2) is 0 Å². The summed E-state index contributed by atoms with van der Waals surface area (Å²) in [6, 6.07) is 5.29. The minimum Gasteiger partial charge on any atom is -0.384 e. The Morgan fingerprint density at radius 2 is 1.70 bits per heavy atom. The van der Waals surface area contributed by atoms with Crippen molar-refractivity contribution < 1.29 is 9.59 Å². The molecule has 1 aromatic rings. The van der Waals surface area contributed by atoms with Crippen LogP contribution in [0.1, 0.15) is 41.5 Å². The normalized spacial score (nSPS) is 14.7. The van der Waals surface area contributed by atoms with E-state index in [0.717, 1.165) is 23.7 Å². The Kier molecular flexibility index (Phi) is 3.81. The Hall–Kier alpha value is -1.88. The third kappa shape index (κ3) is 2.99. The molecule has 108 valence electrons. The van der Waals surface area contributed by atoms with E-state index in [1.807, 2.05) is 6.07 Å². The number of fused-ring (bicyclic) bond motifs is 1. The fraction of sp³-hybridized carbons (Fsp3) is 0.467. The van der Waals surface area contributed by atoms with Gasteiger partial charge in [0.05, 0.1) is 11.1 Å². The first-order valence-electron chi connectivity index (χ1n) is 6.75. The minimum atomic E-state index is -0.235. The van der Waals surface area contributed by atoms with Gasteiger partial charge in [-0.1, -0.05) is 0 Å². The second-order valence-corrected chi connectivity index (χ2v) is 6.03. The van der Waals surface area contributed by atoms with Crippen LogP contribution in [0.4, 0.5) is 5.69 Å². The largest absolute Gasteiger partial charge is 0.384 e. The number of carbonyl (C=O) groups is 2. The Morgan fingerprint density at radius 1 is 1.05 bits per heavy atom. The zero-order chi connectivity index (χ0) is 14.9. The molecule has 1 aromatic carbocycles. The molecule has 5 nitrogen and oxygen atoms in total. The van der Waals surface area contributed by atoms with Gasteiger partial charge in [0.1, 0.15) is 0 Å². The maximum absolute atomic E-state index is 11.9. The number of hydrogen-bond acceptors (Lipinski definition) is 4. The molecule has 2 rings (SSSR count). The summed E-state index contributed by atoms with van der Waals surface area (Å²) in [5.74, 6) is -0.465. The zero-order valence-electron chi connectivity index (χ0n) is 12.4. The number of imide groups is 1. The van der Waals surface area contributed by atoms with E-state index < -0.39 is 0 Å². The summed E-state index contributed by atoms with van der Waals surface area (Å²) < 4.78 is 0. The monoisotopic (exact) mass is 275 g/mol. The number of hydrogen-bond donors (Lipinski definition) is 2. The van der Waals surface area contributed by atoms with Gasteiger partial charge in [-0.2, -0.15) is 0 Å². The molecular formula is C15H21N3O2. The topological polar surface area (TPSA) is 61.4 Å². The molecule has 1 heterocycles. The van der Waals surface area contributed by atoms with Gasteiger partial charge in [0.2, 0.25) is 0 Å². The van der Waals surface area contributed by atoms with Gasteiger partial charge in [0.25, 0.3) is 11.8 Å². The number of nitrogens with zero attached hydrogens (tertiary/aromatic N) is 1. The van der Waals surface area contributed by atoms with Crippen molar-refractivity contribution in [3.8, 4) is 0 Å². The van der Waals surface area contributed by atoms with E-state index in [1.165, 1.54) is 7.05 Å². The van der Waals surface area contributed by atoms with Gasteiger partial charge in [0, 0.05) is 31.4 Å². The van der Waals surface area contributed by atoms with Crippen LogP contribution in [0.2, 0.25) is 0 Å². The fourth-order valence-corrected chi connectivity index (χ4v) is 2.12. The summed E-state index contributed by atoms with van der Waals surface area (Å²) in [6.45, 7) is 7.93. The van der Waals surface area contributed by atoms with Crippen LogP contribution in [0.3, 0.4) is 0 Å². The third-order valence-electron chi connectivity index (χ3n) is 3.20. The predicted octanol–water partition coefficient (Wildman–Crippen LogP) is 1.71. The first-order valence-corrected chi connectivity index (χ1v) is 6.75. The Bertz CT molecular complexity index is 547. The van der Waals surface area contributed by atoms with Crippen LogP contribution in [-0.2, 0) is 0 Å². The van der Waals surface area contributed by atoms with E-state index in [4.69, 9.17) is 0 Å². The Balaban J connectivity index is 1.99. The van der Waals surface area contributed by atoms with Crippen molar-refractivity contribution in [3.63, 3.8) is 0 Å². The summed E-state index contributed by atoms with van der Waals surface area (Å²) in [6.07, 6.45) is 0. The number of anilines is 1. The van der Waals surface area contributed by atoms with Gasteiger partial charge in [-0.3, -0.25) is 14.5 Å². The van der Waals surface area contributed by atoms with Gasteiger partial charge in [0.15, 0.2) is 0 Å². The second-order valence-electron chi connectivity index (χ2n) is 6.03. The van der Waals surface area contributed by atoms with E-state index in [0.29, 0.717) is 11.1 Å². The van der Waals surface area contributed by atoms with Crippen LogP contribution in [0.25, 0.3) is 0 Å². The number of amides is 2. The molecule has 0 unspecified atom stereocenters. The average molecular weight is 275 g/mol. The molecule has 0 fully saturated rings. The molecule has 0 saturated heterocycles. The first-order chi connectivity index (χ1) is 9.29. The van der Waals surface area contributed by atoms with Crippen molar-refractivity contribution in [3.05, 3.63) is 29.3 Å². The number of benzene rings is 1. The second kappa shape index (κ2) is 5.25. The average Bonchev–Trinajstić information content (AvgIpc) is 2.59. The molecule has 2 N–H and O–H groups in total. The van der Waals surface area contributed by atoms with Crippen molar-refractivity contribution in [2.45, 2.75) is 26.3 Å². The van der Waals surface area contributed by atoms with Crippen LogP contribution in [0.15, 0.2) is 18.2 Å². The molecule has 0 aromatic heterocycles. The van der Waals surface area contributed by atoms with Crippen LogP contribution in [0, 0.1) is 0 Å². The van der Waals surface area contributed by atoms with E-state index >= 15 is 0 Å². The highest BCUT2D eigenvalue weighted by Crippen LogP contribution is 2.24. The third-order valence-corrected chi connectivity index (χ3v) is 3.20. The molecule has 0 spiro atoms. The molecular weight excluding hydrogens is 254 g/mol. The minimum absolute atomic E-state index is 0.0880. The number of carbonyl (C=O) groups excluding carboxylic acids is 2. The lowest BCUT2D eigenvalue weighted by Crippen LogP contribution is -2.38. The summed E-state index contributed by atoms with van der Waals surface area (Å²) in [7, 11) is 1.50. The predicted molar refractivity (Wildman–Crippen MR) is 79.1 cm³/mol. The summed E-state index contributed by atoms with van der Waals surface area (Å²) in [5, 5.41) is 6.63. The highest BCUT2D eigenvalue weighted by molar-refractivity contribution is 6.21. The van der Waals surface area contributed by atoms with Gasteiger partial charge in [-0.15, -0.1) is 0 Å². The van der Waals surface area contributed by atoms with Crippen molar-refractivity contribution >= 4 is 17.5 Å². The first kappa shape index (κ1) is 14.5. The van der Waals surface area contributed by atoms with Gasteiger partial charge >= 0.3 is 0 Å². The molecule has 0 saturated carbocycles. The van der Waals surface area contributed by atoms with Crippen molar-refractivity contribution in [1.82, 2.24) is 10.2 Å². The lowest BCUT2D eigenvalue weighted by atomic mass is 10.1. The van der Waals surface area contributed by atoms with Crippen molar-refractivity contribution in [2.75, 3.05) is 25.5 Å². The number of nitrogens with one attached hydrogen (secondary N) is 2. The quantitative estimate of drug-likeness (QED) is 0.649. The van der Waals surface area contributed by atoms with Gasteiger partial charge < -0.3 is 10.6 Å². The van der Waals surface area contributed by atoms with E-state index in [9.17, 15) is 9.59 Å². The van der Waals surface area contributed by atoms with Crippen LogP contribution < -0.4 is 10.6 Å². The lowest BCUT2D eigenvalue weighted by Gasteiger charge is -2.20. The van der Waals surface area contributed by atoms with E-state index in [1.54, 1.807) is 12.1 Å². The molecule has 20 heavy (non-hydrogen) atoms. The van der Waals surface area contributed by atoms with Crippen LogP contribution in [-0.4, -0.2) is 42.4 Å².